The van der Waals surface area contributed by atoms with Crippen molar-refractivity contribution in [3.63, 3.8) is 0 Å². The van der Waals surface area contributed by atoms with Gasteiger partial charge in [-0.3, -0.25) is 9.59 Å². The summed E-state index contributed by atoms with van der Waals surface area (Å²) >= 11 is 0. The van der Waals surface area contributed by atoms with Gasteiger partial charge in [0.05, 0.1) is 25.9 Å². The van der Waals surface area contributed by atoms with E-state index in [1.54, 1.807) is 0 Å². The Bertz CT molecular complexity index is 1120. The largest absolute Gasteiger partial charge is 0.454 e. The van der Waals surface area contributed by atoms with Gasteiger partial charge >= 0.3 is 5.97 Å². The Hall–Kier alpha value is -1.78. The van der Waals surface area contributed by atoms with Crippen molar-refractivity contribution in [1.82, 2.24) is 5.32 Å². The fourth-order valence-electron chi connectivity index (χ4n) is 6.10. The smallest absolute Gasteiger partial charge is 0.303 e. The molecule has 0 aliphatic carbocycles. The normalized spacial score (nSPS) is 47.4. The third-order valence-corrected chi connectivity index (χ3v) is 8.80. The Balaban J connectivity index is 1.54. The maximum Gasteiger partial charge on any atom is 0.303 e. The van der Waals surface area contributed by atoms with E-state index in [0.29, 0.717) is 0 Å². The van der Waals surface area contributed by atoms with Gasteiger partial charge in [0, 0.05) is 13.8 Å². The van der Waals surface area contributed by atoms with Crippen molar-refractivity contribution in [1.29, 1.82) is 0 Å². The van der Waals surface area contributed by atoms with Gasteiger partial charge in [-0.2, -0.15) is 0 Å². The molecule has 12 N–H and O–H groups in total. The first-order valence-corrected chi connectivity index (χ1v) is 15.8. The van der Waals surface area contributed by atoms with Crippen molar-refractivity contribution in [3.8, 4) is 0 Å². The molecular weight excluding hydrogens is 686 g/mol. The topological polar surface area (TPSA) is 343 Å². The number of carbonyl (C=O) groups is 2. The molecule has 4 saturated heterocycles. The van der Waals surface area contributed by atoms with E-state index < -0.39 is 154 Å². The second-order valence-corrected chi connectivity index (χ2v) is 12.5. The zero-order chi connectivity index (χ0) is 37.2. The van der Waals surface area contributed by atoms with Crippen LogP contribution in [0.3, 0.4) is 0 Å². The summed E-state index contributed by atoms with van der Waals surface area (Å²) in [6, 6.07) is -1.44. The van der Waals surface area contributed by atoms with E-state index in [0.717, 1.165) is 13.8 Å². The Morgan fingerprint density at radius 3 is 1.94 bits per heavy atom. The Kier molecular flexibility index (Phi) is 14.2. The fourth-order valence-corrected chi connectivity index (χ4v) is 6.10. The van der Waals surface area contributed by atoms with Crippen molar-refractivity contribution >= 4 is 11.9 Å². The summed E-state index contributed by atoms with van der Waals surface area (Å²) in [5.74, 6) is -1.61. The number of amides is 1. The summed E-state index contributed by atoms with van der Waals surface area (Å²) in [6.45, 7) is 1.20. The molecule has 0 saturated carbocycles. The van der Waals surface area contributed by atoms with Crippen LogP contribution in [-0.4, -0.2) is 211 Å². The number of aliphatic hydroxyl groups is 11. The van der Waals surface area contributed by atoms with E-state index >= 15 is 0 Å². The number of ether oxygens (including phenoxy) is 8. The molecule has 0 radical (unpaired) electrons. The average molecular weight is 734 g/mol. The second-order valence-electron chi connectivity index (χ2n) is 12.5. The van der Waals surface area contributed by atoms with Gasteiger partial charge in [-0.1, -0.05) is 0 Å². The first-order valence-electron chi connectivity index (χ1n) is 15.8. The van der Waals surface area contributed by atoms with Crippen LogP contribution in [0.4, 0.5) is 0 Å². The van der Waals surface area contributed by atoms with E-state index in [1.165, 1.54) is 6.92 Å². The number of rotatable bonds is 12. The average Bonchev–Trinajstić information content (AvgIpc) is 3.35. The van der Waals surface area contributed by atoms with Crippen molar-refractivity contribution in [2.24, 2.45) is 0 Å². The number of esters is 1. The second kappa shape index (κ2) is 17.4. The number of hydrogen-bond donors (Lipinski definition) is 12. The standard InChI is InChI=1S/C28H47NO21/c1-7-14(35)23(24(45-9(3)33)28(44-7)49-22-13(29-8(2)32)25(42)46-11(5-31)16(22)37)50-27-19(40)17(38)15(36)12(47-27)6-43-26-20(41)18(39)21(48-26)10(34)4-30/h7,10-28,30-31,34-42H,4-6H2,1-3H3,(H,29,32)/t7-,10+,11+,12+,13+,14-,15+,16+,17-,18+,19+,20+,21-,22+,23+,24+,25-,26+,27+,28-/m0/s1. The molecule has 1 amide bonds. The van der Waals surface area contributed by atoms with Gasteiger partial charge in [0.1, 0.15) is 85.4 Å². The van der Waals surface area contributed by atoms with Crippen molar-refractivity contribution in [2.45, 2.75) is 144 Å². The van der Waals surface area contributed by atoms with Gasteiger partial charge in [-0.05, 0) is 6.92 Å². The van der Waals surface area contributed by atoms with Crippen molar-refractivity contribution in [2.75, 3.05) is 19.8 Å². The number of aliphatic hydroxyl groups excluding tert-OH is 11. The molecule has 4 rings (SSSR count). The summed E-state index contributed by atoms with van der Waals surface area (Å²) in [5, 5.41) is 116. The van der Waals surface area contributed by atoms with Crippen molar-refractivity contribution < 1.29 is 104 Å². The lowest BCUT2D eigenvalue weighted by Crippen LogP contribution is -2.68. The van der Waals surface area contributed by atoms with E-state index in [9.17, 15) is 60.7 Å². The van der Waals surface area contributed by atoms with Crippen LogP contribution in [0.5, 0.6) is 0 Å². The molecule has 4 aliphatic rings. The molecule has 0 aromatic rings. The van der Waals surface area contributed by atoms with Gasteiger partial charge in [0.15, 0.2) is 31.3 Å². The summed E-state index contributed by atoms with van der Waals surface area (Å²) in [7, 11) is 0. The predicted molar refractivity (Wildman–Crippen MR) is 154 cm³/mol. The molecule has 22 heteroatoms. The molecule has 4 aliphatic heterocycles. The Morgan fingerprint density at radius 2 is 1.34 bits per heavy atom. The molecule has 0 spiro atoms. The highest BCUT2D eigenvalue weighted by Crippen LogP contribution is 2.34. The lowest BCUT2D eigenvalue weighted by Gasteiger charge is -2.49. The summed E-state index contributed by atoms with van der Waals surface area (Å²) < 4.78 is 44.4. The third kappa shape index (κ3) is 8.87. The van der Waals surface area contributed by atoms with Crippen LogP contribution >= 0.6 is 0 Å². The van der Waals surface area contributed by atoms with Crippen LogP contribution in [0.1, 0.15) is 20.8 Å². The third-order valence-electron chi connectivity index (χ3n) is 8.80. The maximum atomic E-state index is 12.2. The zero-order valence-electron chi connectivity index (χ0n) is 27.2. The minimum absolute atomic E-state index is 0.664. The molecule has 0 aromatic heterocycles. The van der Waals surface area contributed by atoms with Gasteiger partial charge in [-0.25, -0.2) is 0 Å². The molecule has 0 aromatic carbocycles. The number of hydrogen-bond acceptors (Lipinski definition) is 21. The minimum atomic E-state index is -2.00. The molecular formula is C28H47NO21. The van der Waals surface area contributed by atoms with Gasteiger partial charge < -0.3 is 99.4 Å². The van der Waals surface area contributed by atoms with Crippen LogP contribution in [-0.2, 0) is 47.5 Å². The van der Waals surface area contributed by atoms with Crippen LogP contribution in [0.2, 0.25) is 0 Å². The lowest BCUT2D eigenvalue weighted by atomic mass is 9.95. The van der Waals surface area contributed by atoms with E-state index in [1.807, 2.05) is 0 Å². The minimum Gasteiger partial charge on any atom is -0.454 e. The highest BCUT2D eigenvalue weighted by atomic mass is 16.8. The van der Waals surface area contributed by atoms with E-state index in [4.69, 9.17) is 43.0 Å². The summed E-state index contributed by atoms with van der Waals surface area (Å²) in [6.07, 6.45) is -31.7. The zero-order valence-corrected chi connectivity index (χ0v) is 27.2. The molecule has 0 bridgehead atoms. The molecule has 4 fully saturated rings. The SMILES string of the molecule is CC(=O)N[C@@H]1[C@@H](O[C@@H]2O[C@@H](C)[C@H](O)[C@@H](O[C@H]3O[C@H](CO[C@@H]4O[C@@H]([C@H](O)CO)[C@H](O)[C@H]4O)[C@@H](O)[C@H](O)[C@H]3O)[C@H]2OC(C)=O)[C@H](O)[C@@H](CO)O[C@@H]1O. The summed E-state index contributed by atoms with van der Waals surface area (Å²) in [4.78, 5) is 24.1. The Morgan fingerprint density at radius 1 is 0.700 bits per heavy atom. The fraction of sp³-hybridized carbons (Fsp3) is 0.929. The highest BCUT2D eigenvalue weighted by Gasteiger charge is 2.55. The van der Waals surface area contributed by atoms with Gasteiger partial charge in [0.25, 0.3) is 0 Å². The molecule has 0 unspecified atom stereocenters. The molecule has 20 atom stereocenters. The first kappa shape index (κ1) is 41.0. The number of carbonyl (C=O) groups excluding carboxylic acids is 2. The lowest BCUT2D eigenvalue weighted by molar-refractivity contribution is -0.372. The monoisotopic (exact) mass is 733 g/mol. The van der Waals surface area contributed by atoms with E-state index in [2.05, 4.69) is 5.32 Å². The molecule has 290 valence electrons. The van der Waals surface area contributed by atoms with Gasteiger partial charge in [0.2, 0.25) is 5.91 Å². The predicted octanol–water partition coefficient (Wildman–Crippen LogP) is -8.01. The van der Waals surface area contributed by atoms with Gasteiger partial charge in [-0.15, -0.1) is 0 Å². The quantitative estimate of drug-likeness (QED) is 0.0829. The van der Waals surface area contributed by atoms with Crippen LogP contribution in [0.15, 0.2) is 0 Å². The highest BCUT2D eigenvalue weighted by molar-refractivity contribution is 5.73. The van der Waals surface area contributed by atoms with E-state index in [-0.39, 0.29) is 0 Å². The molecule has 4 heterocycles. The van der Waals surface area contributed by atoms with Crippen molar-refractivity contribution in [3.05, 3.63) is 0 Å². The first-order chi connectivity index (χ1) is 23.5. The van der Waals surface area contributed by atoms with Crippen LogP contribution < -0.4 is 5.32 Å². The maximum absolute atomic E-state index is 12.2. The number of nitrogens with one attached hydrogen (secondary N) is 1. The Labute approximate surface area is 284 Å². The molecule has 22 nitrogen and oxygen atoms in total. The molecule has 50 heavy (non-hydrogen) atoms. The van der Waals surface area contributed by atoms with Crippen LogP contribution in [0, 0.1) is 0 Å². The summed E-state index contributed by atoms with van der Waals surface area (Å²) in [5.41, 5.74) is 0. The van der Waals surface area contributed by atoms with Crippen LogP contribution in [0.25, 0.3) is 0 Å².